The van der Waals surface area contributed by atoms with Crippen LogP contribution in [0, 0.1) is 0 Å². The molecule has 0 unspecified atom stereocenters. The van der Waals surface area contributed by atoms with Gasteiger partial charge in [-0.05, 0) is 25.1 Å². The van der Waals surface area contributed by atoms with E-state index < -0.39 is 0 Å². The van der Waals surface area contributed by atoms with Crippen LogP contribution < -0.4 is 5.32 Å². The van der Waals surface area contributed by atoms with Crippen LogP contribution in [-0.4, -0.2) is 11.5 Å². The molecule has 17 heavy (non-hydrogen) atoms. The van der Waals surface area contributed by atoms with Crippen LogP contribution in [0.1, 0.15) is 19.0 Å². The zero-order chi connectivity index (χ0) is 12.1. The maximum absolute atomic E-state index is 4.63. The third-order valence-electron chi connectivity index (χ3n) is 2.36. The van der Waals surface area contributed by atoms with Crippen molar-refractivity contribution in [1.29, 1.82) is 0 Å². The highest BCUT2D eigenvalue weighted by molar-refractivity contribution is 9.10. The number of aromatic nitrogens is 1. The van der Waals surface area contributed by atoms with E-state index in [0.29, 0.717) is 0 Å². The van der Waals surface area contributed by atoms with Gasteiger partial charge in [0.15, 0.2) is 0 Å². The molecule has 0 bridgehead atoms. The van der Waals surface area contributed by atoms with E-state index in [2.05, 4.69) is 50.7 Å². The molecule has 1 N–H and O–H groups in total. The minimum atomic E-state index is 0.859. The Morgan fingerprint density at radius 1 is 1.41 bits per heavy atom. The maximum atomic E-state index is 4.63. The molecular weight excluding hydrogens is 296 g/mol. The van der Waals surface area contributed by atoms with E-state index in [9.17, 15) is 0 Å². The molecule has 0 atom stereocenters. The summed E-state index contributed by atoms with van der Waals surface area (Å²) in [5, 5.41) is 6.57. The lowest BCUT2D eigenvalue weighted by Gasteiger charge is -1.99. The van der Waals surface area contributed by atoms with E-state index in [0.717, 1.165) is 34.7 Å². The van der Waals surface area contributed by atoms with Gasteiger partial charge in [0, 0.05) is 22.0 Å². The predicted octanol–water partition coefficient (Wildman–Crippen LogP) is 4.07. The molecule has 1 aromatic carbocycles. The largest absolute Gasteiger partial charge is 0.311 e. The van der Waals surface area contributed by atoms with E-state index in [1.54, 1.807) is 11.3 Å². The van der Waals surface area contributed by atoms with Gasteiger partial charge < -0.3 is 5.32 Å². The molecule has 4 heteroatoms. The van der Waals surface area contributed by atoms with Gasteiger partial charge in [0.2, 0.25) is 0 Å². The monoisotopic (exact) mass is 310 g/mol. The van der Waals surface area contributed by atoms with Crippen LogP contribution in [0.2, 0.25) is 0 Å². The molecule has 0 aliphatic rings. The minimum absolute atomic E-state index is 0.859. The lowest BCUT2D eigenvalue weighted by atomic mass is 10.2. The molecule has 2 rings (SSSR count). The maximum Gasteiger partial charge on any atom is 0.123 e. The van der Waals surface area contributed by atoms with Crippen molar-refractivity contribution in [2.45, 2.75) is 19.9 Å². The Balaban J connectivity index is 2.07. The van der Waals surface area contributed by atoms with Crippen molar-refractivity contribution in [3.63, 3.8) is 0 Å². The van der Waals surface area contributed by atoms with Gasteiger partial charge in [-0.1, -0.05) is 35.0 Å². The van der Waals surface area contributed by atoms with Crippen LogP contribution in [0.3, 0.4) is 0 Å². The predicted molar refractivity (Wildman–Crippen MR) is 77.2 cm³/mol. The first-order chi connectivity index (χ1) is 8.29. The zero-order valence-electron chi connectivity index (χ0n) is 9.74. The third-order valence-corrected chi connectivity index (χ3v) is 3.79. The molecule has 0 amide bonds. The molecule has 0 saturated carbocycles. The van der Waals surface area contributed by atoms with Crippen molar-refractivity contribution in [2.75, 3.05) is 6.54 Å². The van der Waals surface area contributed by atoms with Crippen LogP contribution in [0.15, 0.2) is 34.1 Å². The molecule has 1 aromatic heterocycles. The third kappa shape index (κ3) is 3.63. The highest BCUT2D eigenvalue weighted by Gasteiger charge is 2.04. The molecule has 0 spiro atoms. The van der Waals surface area contributed by atoms with Gasteiger partial charge in [0.25, 0.3) is 0 Å². The molecule has 1 heterocycles. The van der Waals surface area contributed by atoms with Gasteiger partial charge in [-0.25, -0.2) is 4.98 Å². The van der Waals surface area contributed by atoms with Gasteiger partial charge in [-0.3, -0.25) is 0 Å². The molecule has 0 radical (unpaired) electrons. The Morgan fingerprint density at radius 3 is 3.06 bits per heavy atom. The van der Waals surface area contributed by atoms with Crippen LogP contribution in [0.25, 0.3) is 10.6 Å². The number of thiazole rings is 1. The summed E-state index contributed by atoms with van der Waals surface area (Å²) < 4.78 is 1.09. The summed E-state index contributed by atoms with van der Waals surface area (Å²) in [4.78, 5) is 4.63. The van der Waals surface area contributed by atoms with E-state index in [4.69, 9.17) is 0 Å². The van der Waals surface area contributed by atoms with Crippen molar-refractivity contribution in [1.82, 2.24) is 10.3 Å². The summed E-state index contributed by atoms with van der Waals surface area (Å²) in [6, 6.07) is 8.26. The number of hydrogen-bond acceptors (Lipinski definition) is 3. The highest BCUT2D eigenvalue weighted by atomic mass is 79.9. The Morgan fingerprint density at radius 2 is 2.29 bits per heavy atom. The quantitative estimate of drug-likeness (QED) is 0.842. The van der Waals surface area contributed by atoms with Gasteiger partial charge in [-0.2, -0.15) is 0 Å². The summed E-state index contributed by atoms with van der Waals surface area (Å²) in [6.45, 7) is 4.07. The van der Waals surface area contributed by atoms with Gasteiger partial charge in [0.05, 0.1) is 5.69 Å². The number of nitrogens with one attached hydrogen (secondary N) is 1. The van der Waals surface area contributed by atoms with Crippen LogP contribution >= 0.6 is 27.3 Å². The van der Waals surface area contributed by atoms with Gasteiger partial charge in [0.1, 0.15) is 5.01 Å². The number of benzene rings is 1. The number of rotatable bonds is 5. The molecule has 0 aliphatic heterocycles. The first-order valence-electron chi connectivity index (χ1n) is 5.70. The number of nitrogens with zero attached hydrogens (tertiary/aromatic N) is 1. The number of halogens is 1. The fraction of sp³-hybridized carbons (Fsp3) is 0.308. The first kappa shape index (κ1) is 12.7. The van der Waals surface area contributed by atoms with Crippen molar-refractivity contribution in [3.8, 4) is 10.6 Å². The molecule has 0 saturated heterocycles. The second-order valence-corrected chi connectivity index (χ2v) is 5.60. The summed E-state index contributed by atoms with van der Waals surface area (Å²) in [5.41, 5.74) is 2.30. The Bertz CT molecular complexity index is 482. The SMILES string of the molecule is CCCNCc1csc(-c2cccc(Br)c2)n1. The topological polar surface area (TPSA) is 24.9 Å². The molecule has 90 valence electrons. The minimum Gasteiger partial charge on any atom is -0.311 e. The summed E-state index contributed by atoms with van der Waals surface area (Å²) >= 11 is 5.18. The van der Waals surface area contributed by atoms with Gasteiger partial charge in [-0.15, -0.1) is 11.3 Å². The van der Waals surface area contributed by atoms with Crippen molar-refractivity contribution < 1.29 is 0 Å². The average Bonchev–Trinajstić information content (AvgIpc) is 2.78. The van der Waals surface area contributed by atoms with E-state index >= 15 is 0 Å². The molecule has 0 fully saturated rings. The Kier molecular flexibility index (Phi) is 4.71. The van der Waals surface area contributed by atoms with Crippen LogP contribution in [0.4, 0.5) is 0 Å². The lowest BCUT2D eigenvalue weighted by molar-refractivity contribution is 0.667. The van der Waals surface area contributed by atoms with Crippen molar-refractivity contribution >= 4 is 27.3 Å². The second-order valence-electron chi connectivity index (χ2n) is 3.83. The van der Waals surface area contributed by atoms with E-state index in [1.165, 1.54) is 5.56 Å². The normalized spacial score (nSPS) is 10.7. The molecule has 0 aliphatic carbocycles. The first-order valence-corrected chi connectivity index (χ1v) is 7.38. The Labute approximate surface area is 114 Å². The molecular formula is C13H15BrN2S. The second kappa shape index (κ2) is 6.28. The fourth-order valence-electron chi connectivity index (χ4n) is 1.54. The van der Waals surface area contributed by atoms with Gasteiger partial charge >= 0.3 is 0 Å². The summed E-state index contributed by atoms with van der Waals surface area (Å²) in [7, 11) is 0. The van der Waals surface area contributed by atoms with E-state index in [1.807, 2.05) is 12.1 Å². The Hall–Kier alpha value is -0.710. The van der Waals surface area contributed by atoms with E-state index in [-0.39, 0.29) is 0 Å². The zero-order valence-corrected chi connectivity index (χ0v) is 12.1. The fourth-order valence-corrected chi connectivity index (χ4v) is 2.75. The summed E-state index contributed by atoms with van der Waals surface area (Å²) in [5.74, 6) is 0. The van der Waals surface area contributed by atoms with Crippen molar-refractivity contribution in [2.24, 2.45) is 0 Å². The average molecular weight is 311 g/mol. The lowest BCUT2D eigenvalue weighted by Crippen LogP contribution is -2.13. The van der Waals surface area contributed by atoms with Crippen molar-refractivity contribution in [3.05, 3.63) is 39.8 Å². The van der Waals surface area contributed by atoms with Crippen LogP contribution in [0.5, 0.6) is 0 Å². The smallest absolute Gasteiger partial charge is 0.123 e. The number of hydrogen-bond donors (Lipinski definition) is 1. The van der Waals surface area contributed by atoms with Crippen LogP contribution in [-0.2, 0) is 6.54 Å². The molecule has 2 aromatic rings. The molecule has 2 nitrogen and oxygen atoms in total. The standard InChI is InChI=1S/C13H15BrN2S/c1-2-6-15-8-12-9-17-13(16-12)10-4-3-5-11(14)7-10/h3-5,7,9,15H,2,6,8H2,1H3. The highest BCUT2D eigenvalue weighted by Crippen LogP contribution is 2.26. The summed E-state index contributed by atoms with van der Waals surface area (Å²) in [6.07, 6.45) is 1.16.